The van der Waals surface area contributed by atoms with Crippen molar-refractivity contribution in [1.29, 1.82) is 0 Å². The molecule has 3 rings (SSSR count). The quantitative estimate of drug-likeness (QED) is 0.324. The zero-order valence-electron chi connectivity index (χ0n) is 22.6. The summed E-state index contributed by atoms with van der Waals surface area (Å²) in [4.78, 5) is 76.2. The van der Waals surface area contributed by atoms with Gasteiger partial charge in [0.2, 0.25) is 11.8 Å². The zero-order valence-corrected chi connectivity index (χ0v) is 22.6. The number of carbonyl (C=O) groups is 5. The van der Waals surface area contributed by atoms with E-state index in [0.29, 0.717) is 12.8 Å². The molecule has 0 bridgehead atoms. The third-order valence-corrected chi connectivity index (χ3v) is 6.66. The van der Waals surface area contributed by atoms with Gasteiger partial charge in [0.15, 0.2) is 0 Å². The van der Waals surface area contributed by atoms with Crippen LogP contribution in [0.2, 0.25) is 0 Å². The molecule has 0 saturated heterocycles. The highest BCUT2D eigenvalue weighted by molar-refractivity contribution is 6.23. The number of benzene rings is 1. The Morgan fingerprint density at radius 3 is 1.95 bits per heavy atom. The minimum Gasteiger partial charge on any atom is -0.350 e. The first-order valence-electron chi connectivity index (χ1n) is 12.6. The zero-order chi connectivity index (χ0) is 27.8. The van der Waals surface area contributed by atoms with E-state index in [2.05, 4.69) is 10.6 Å². The van der Waals surface area contributed by atoms with Crippen molar-refractivity contribution >= 4 is 29.6 Å². The molecule has 1 aliphatic carbocycles. The second-order valence-corrected chi connectivity index (χ2v) is 11.7. The van der Waals surface area contributed by atoms with E-state index in [1.54, 1.807) is 45.0 Å². The SMILES string of the molecule is CC(C)(C)OOC(=O)[C@H]1CCCC[C@@H]1NC(=O)C(C)(C)NC(=O)C(C)(C)N1C(=O)c2ccccc2C1=O. The average Bonchev–Trinajstić information content (AvgIpc) is 3.07. The lowest BCUT2D eigenvalue weighted by atomic mass is 9.84. The first-order chi connectivity index (χ1) is 17.1. The average molecular weight is 516 g/mol. The maximum absolute atomic E-state index is 13.3. The third kappa shape index (κ3) is 6.01. The molecule has 1 aromatic rings. The van der Waals surface area contributed by atoms with Crippen LogP contribution in [0.5, 0.6) is 0 Å². The van der Waals surface area contributed by atoms with Crippen LogP contribution in [-0.2, 0) is 24.2 Å². The van der Waals surface area contributed by atoms with E-state index in [0.717, 1.165) is 17.7 Å². The molecule has 37 heavy (non-hydrogen) atoms. The Kier molecular flexibility index (Phi) is 7.83. The van der Waals surface area contributed by atoms with Crippen molar-refractivity contribution in [3.63, 3.8) is 0 Å². The molecule has 2 aliphatic rings. The highest BCUT2D eigenvalue weighted by Gasteiger charge is 2.49. The minimum absolute atomic E-state index is 0.232. The van der Waals surface area contributed by atoms with Crippen LogP contribution in [0.3, 0.4) is 0 Å². The number of nitrogens with zero attached hydrogens (tertiary/aromatic N) is 1. The first-order valence-corrected chi connectivity index (χ1v) is 12.6. The lowest BCUT2D eigenvalue weighted by Gasteiger charge is -2.37. The van der Waals surface area contributed by atoms with E-state index in [-0.39, 0.29) is 11.1 Å². The van der Waals surface area contributed by atoms with Gasteiger partial charge in [-0.1, -0.05) is 25.0 Å². The van der Waals surface area contributed by atoms with Crippen LogP contribution >= 0.6 is 0 Å². The van der Waals surface area contributed by atoms with Gasteiger partial charge in [0.1, 0.15) is 16.7 Å². The van der Waals surface area contributed by atoms with Crippen molar-refractivity contribution in [2.24, 2.45) is 5.92 Å². The molecule has 0 radical (unpaired) electrons. The summed E-state index contributed by atoms with van der Waals surface area (Å²) in [5, 5.41) is 5.57. The monoisotopic (exact) mass is 515 g/mol. The molecule has 1 aromatic carbocycles. The molecule has 10 nitrogen and oxygen atoms in total. The highest BCUT2D eigenvalue weighted by atomic mass is 17.2. The van der Waals surface area contributed by atoms with Gasteiger partial charge in [0.05, 0.1) is 17.0 Å². The molecule has 1 heterocycles. The molecule has 2 N–H and O–H groups in total. The summed E-state index contributed by atoms with van der Waals surface area (Å²) < 4.78 is 0. The lowest BCUT2D eigenvalue weighted by molar-refractivity contribution is -0.324. The largest absolute Gasteiger partial charge is 0.350 e. The van der Waals surface area contributed by atoms with Crippen molar-refractivity contribution in [2.45, 2.75) is 96.9 Å². The third-order valence-electron chi connectivity index (χ3n) is 6.66. The Labute approximate surface area is 217 Å². The Morgan fingerprint density at radius 1 is 0.865 bits per heavy atom. The van der Waals surface area contributed by atoms with Gasteiger partial charge < -0.3 is 10.6 Å². The normalized spacial score (nSPS) is 20.4. The summed E-state index contributed by atoms with van der Waals surface area (Å²) in [5.41, 5.74) is -3.17. The first kappa shape index (κ1) is 28.3. The topological polar surface area (TPSA) is 131 Å². The molecular weight excluding hydrogens is 478 g/mol. The van der Waals surface area contributed by atoms with Gasteiger partial charge in [0, 0.05) is 6.04 Å². The molecule has 2 atom stereocenters. The fraction of sp³-hybridized carbons (Fsp3) is 0.593. The highest BCUT2D eigenvalue weighted by Crippen LogP contribution is 2.30. The molecule has 0 aromatic heterocycles. The van der Waals surface area contributed by atoms with Gasteiger partial charge >= 0.3 is 5.97 Å². The Bertz CT molecular complexity index is 1070. The van der Waals surface area contributed by atoms with Gasteiger partial charge in [-0.3, -0.25) is 29.0 Å². The number of nitrogens with one attached hydrogen (secondary N) is 2. The predicted molar refractivity (Wildman–Crippen MR) is 134 cm³/mol. The summed E-state index contributed by atoms with van der Waals surface area (Å²) in [6.45, 7) is 11.2. The molecule has 202 valence electrons. The number of hydrogen-bond acceptors (Lipinski definition) is 7. The number of amides is 4. The van der Waals surface area contributed by atoms with Crippen LogP contribution in [0, 0.1) is 5.92 Å². The van der Waals surface area contributed by atoms with Crippen molar-refractivity contribution in [1.82, 2.24) is 15.5 Å². The molecule has 4 amide bonds. The Balaban J connectivity index is 1.69. The second kappa shape index (κ2) is 10.2. The van der Waals surface area contributed by atoms with E-state index >= 15 is 0 Å². The van der Waals surface area contributed by atoms with E-state index in [1.165, 1.54) is 27.7 Å². The number of fused-ring (bicyclic) bond motifs is 1. The van der Waals surface area contributed by atoms with Crippen LogP contribution in [0.15, 0.2) is 24.3 Å². The summed E-state index contributed by atoms with van der Waals surface area (Å²) in [5.74, 6) is -3.43. The standard InChI is InChI=1S/C27H37N3O7/c1-25(2,3)37-36-22(33)18-14-10-11-15-19(18)28-23(34)26(4,5)29-24(35)27(6,7)30-20(31)16-12-8-9-13-17(16)21(30)32/h8-9,12-13,18-19H,10-11,14-15H2,1-7H3,(H,28,34)(H,29,35)/t18-,19-/m0/s1. The predicted octanol–water partition coefficient (Wildman–Crippen LogP) is 2.90. The van der Waals surface area contributed by atoms with Crippen LogP contribution in [0.25, 0.3) is 0 Å². The maximum atomic E-state index is 13.3. The summed E-state index contributed by atoms with van der Waals surface area (Å²) in [7, 11) is 0. The summed E-state index contributed by atoms with van der Waals surface area (Å²) >= 11 is 0. The lowest BCUT2D eigenvalue weighted by Crippen LogP contribution is -2.64. The van der Waals surface area contributed by atoms with E-state index in [1.807, 2.05) is 0 Å². The summed E-state index contributed by atoms with van der Waals surface area (Å²) in [6, 6.07) is 5.89. The van der Waals surface area contributed by atoms with Gasteiger partial charge in [0.25, 0.3) is 11.8 Å². The van der Waals surface area contributed by atoms with Gasteiger partial charge in [-0.05, 0) is 73.4 Å². The number of imide groups is 1. The maximum Gasteiger partial charge on any atom is 0.347 e. The number of hydrogen-bond donors (Lipinski definition) is 2. The molecular formula is C27H37N3O7. The van der Waals surface area contributed by atoms with E-state index in [9.17, 15) is 24.0 Å². The van der Waals surface area contributed by atoms with E-state index in [4.69, 9.17) is 9.78 Å². The van der Waals surface area contributed by atoms with Gasteiger partial charge in [-0.25, -0.2) is 4.79 Å². The van der Waals surface area contributed by atoms with Crippen LogP contribution in [-0.4, -0.2) is 57.2 Å². The molecule has 0 spiro atoms. The van der Waals surface area contributed by atoms with Crippen LogP contribution in [0.4, 0.5) is 0 Å². The van der Waals surface area contributed by atoms with Crippen LogP contribution in [0.1, 0.15) is 94.9 Å². The second-order valence-electron chi connectivity index (χ2n) is 11.7. The van der Waals surface area contributed by atoms with Crippen LogP contribution < -0.4 is 10.6 Å². The molecule has 0 unspecified atom stereocenters. The number of rotatable bonds is 7. The van der Waals surface area contributed by atoms with Crippen molar-refractivity contribution in [3.05, 3.63) is 35.4 Å². The number of carbonyl (C=O) groups excluding carboxylic acids is 5. The van der Waals surface area contributed by atoms with Crippen molar-refractivity contribution < 1.29 is 33.7 Å². The Morgan fingerprint density at radius 2 is 1.41 bits per heavy atom. The molecule has 1 fully saturated rings. The minimum atomic E-state index is -1.56. The molecule has 1 saturated carbocycles. The molecule has 10 heteroatoms. The Hall–Kier alpha value is -3.27. The fourth-order valence-corrected chi connectivity index (χ4v) is 4.45. The van der Waals surface area contributed by atoms with Crippen molar-refractivity contribution in [3.8, 4) is 0 Å². The fourth-order valence-electron chi connectivity index (χ4n) is 4.45. The van der Waals surface area contributed by atoms with Crippen molar-refractivity contribution in [2.75, 3.05) is 0 Å². The van der Waals surface area contributed by atoms with Gasteiger partial charge in [-0.2, -0.15) is 4.89 Å². The smallest absolute Gasteiger partial charge is 0.347 e. The molecule has 1 aliphatic heterocycles. The summed E-state index contributed by atoms with van der Waals surface area (Å²) in [6.07, 6.45) is 2.76. The van der Waals surface area contributed by atoms with Gasteiger partial charge in [-0.15, -0.1) is 0 Å². The van der Waals surface area contributed by atoms with E-state index < -0.39 is 58.2 Å².